The zero-order chi connectivity index (χ0) is 16.0. The molecule has 1 atom stereocenters. The lowest BCUT2D eigenvalue weighted by molar-refractivity contribution is -0.116. The normalized spacial score (nSPS) is 16.9. The van der Waals surface area contributed by atoms with E-state index in [1.165, 1.54) is 7.11 Å². The van der Waals surface area contributed by atoms with E-state index in [1.807, 2.05) is 12.1 Å². The number of hydrogen-bond donors (Lipinski definition) is 3. The van der Waals surface area contributed by atoms with Gasteiger partial charge in [-0.15, -0.1) is 0 Å². The second-order valence-corrected chi connectivity index (χ2v) is 5.36. The first-order valence-electron chi connectivity index (χ1n) is 7.06. The van der Waals surface area contributed by atoms with E-state index in [-0.39, 0.29) is 23.9 Å². The smallest absolute Gasteiger partial charge is 0.356 e. The molecule has 0 saturated carbocycles. The maximum atomic E-state index is 12.1. The Labute approximate surface area is 130 Å². The molecule has 1 aromatic carbocycles. The van der Waals surface area contributed by atoms with Crippen molar-refractivity contribution in [3.8, 4) is 0 Å². The van der Waals surface area contributed by atoms with Crippen LogP contribution in [-0.4, -0.2) is 39.4 Å². The fraction of sp³-hybridized carbons (Fsp3) is 0.200. The second kappa shape index (κ2) is 4.94. The molecule has 116 valence electrons. The topological polar surface area (TPSA) is 113 Å². The minimum atomic E-state index is -0.512. The number of carbonyl (C=O) groups is 2. The van der Waals surface area contributed by atoms with E-state index in [0.717, 1.165) is 16.5 Å². The van der Waals surface area contributed by atoms with E-state index >= 15 is 0 Å². The number of hydrogen-bond acceptors (Lipinski definition) is 5. The van der Waals surface area contributed by atoms with Gasteiger partial charge in [0.05, 0.1) is 25.0 Å². The first-order valence-corrected chi connectivity index (χ1v) is 7.06. The van der Waals surface area contributed by atoms with Crippen LogP contribution in [-0.2, 0) is 9.53 Å². The Kier molecular flexibility index (Phi) is 2.90. The molecule has 0 radical (unpaired) electrons. The first kappa shape index (κ1) is 13.5. The highest BCUT2D eigenvalue weighted by Crippen LogP contribution is 2.41. The number of benzene rings is 1. The summed E-state index contributed by atoms with van der Waals surface area (Å²) in [5.74, 6) is -0.934. The lowest BCUT2D eigenvalue weighted by atomic mass is 9.84. The molecule has 3 heterocycles. The third-order valence-electron chi connectivity index (χ3n) is 4.10. The van der Waals surface area contributed by atoms with Crippen LogP contribution in [0.25, 0.3) is 10.9 Å². The van der Waals surface area contributed by atoms with Gasteiger partial charge in [-0.2, -0.15) is 10.2 Å². The molecule has 1 aliphatic heterocycles. The molecule has 1 amide bonds. The van der Waals surface area contributed by atoms with Gasteiger partial charge in [-0.3, -0.25) is 15.0 Å². The maximum absolute atomic E-state index is 12.1. The summed E-state index contributed by atoms with van der Waals surface area (Å²) in [5.41, 5.74) is 3.33. The quantitative estimate of drug-likeness (QED) is 0.621. The molecule has 2 aromatic heterocycles. The number of amides is 1. The van der Waals surface area contributed by atoms with Gasteiger partial charge in [0.1, 0.15) is 5.69 Å². The highest BCUT2D eigenvalue weighted by Gasteiger charge is 2.32. The molecular weight excluding hydrogens is 298 g/mol. The fourth-order valence-corrected chi connectivity index (χ4v) is 3.09. The van der Waals surface area contributed by atoms with Gasteiger partial charge in [-0.25, -0.2) is 4.79 Å². The monoisotopic (exact) mass is 311 g/mol. The average molecular weight is 311 g/mol. The molecule has 0 fully saturated rings. The summed E-state index contributed by atoms with van der Waals surface area (Å²) in [6, 6.07) is 3.73. The molecule has 1 unspecified atom stereocenters. The van der Waals surface area contributed by atoms with Crippen molar-refractivity contribution < 1.29 is 14.3 Å². The van der Waals surface area contributed by atoms with Crippen LogP contribution in [0, 0.1) is 0 Å². The number of nitrogens with one attached hydrogen (secondary N) is 3. The molecule has 1 aliphatic rings. The Morgan fingerprint density at radius 2 is 2.09 bits per heavy atom. The Hall–Kier alpha value is -3.16. The molecule has 0 aliphatic carbocycles. The van der Waals surface area contributed by atoms with E-state index in [9.17, 15) is 9.59 Å². The average Bonchev–Trinajstić information content (AvgIpc) is 3.21. The van der Waals surface area contributed by atoms with Crippen LogP contribution in [0.5, 0.6) is 0 Å². The molecular formula is C15H13N5O3. The van der Waals surface area contributed by atoms with Gasteiger partial charge in [-0.05, 0) is 12.1 Å². The van der Waals surface area contributed by atoms with Crippen molar-refractivity contribution in [2.75, 3.05) is 12.4 Å². The largest absolute Gasteiger partial charge is 0.464 e. The zero-order valence-corrected chi connectivity index (χ0v) is 12.2. The van der Waals surface area contributed by atoms with Gasteiger partial charge in [0.2, 0.25) is 5.91 Å². The number of nitrogens with zero attached hydrogens (tertiary/aromatic N) is 2. The van der Waals surface area contributed by atoms with Crippen LogP contribution >= 0.6 is 0 Å². The summed E-state index contributed by atoms with van der Waals surface area (Å²) in [6.45, 7) is 0. The Bertz CT molecular complexity index is 926. The third-order valence-corrected chi connectivity index (χ3v) is 4.10. The van der Waals surface area contributed by atoms with E-state index in [4.69, 9.17) is 4.74 Å². The van der Waals surface area contributed by atoms with Crippen molar-refractivity contribution >= 4 is 28.5 Å². The number of carbonyl (C=O) groups excluding carboxylic acids is 2. The van der Waals surface area contributed by atoms with Crippen LogP contribution in [0.2, 0.25) is 0 Å². The standard InChI is InChI=1S/C15H13N5O3/c1-23-15(22)14-9(6-17-20-14)8-4-11(21)18-10-3-2-7-5-16-19-13(7)12(8)10/h2-3,5-6,8H,4H2,1H3,(H,16,19)(H,17,20)(H,18,21). The summed E-state index contributed by atoms with van der Waals surface area (Å²) in [5, 5.41) is 17.4. The highest BCUT2D eigenvalue weighted by atomic mass is 16.5. The number of methoxy groups -OCH3 is 1. The fourth-order valence-electron chi connectivity index (χ4n) is 3.09. The molecule has 4 rings (SSSR count). The van der Waals surface area contributed by atoms with Gasteiger partial charge >= 0.3 is 5.97 Å². The number of anilines is 1. The second-order valence-electron chi connectivity index (χ2n) is 5.36. The van der Waals surface area contributed by atoms with Gasteiger partial charge in [-0.1, -0.05) is 0 Å². The van der Waals surface area contributed by atoms with Crippen molar-refractivity contribution in [1.29, 1.82) is 0 Å². The summed E-state index contributed by atoms with van der Waals surface area (Å²) < 4.78 is 4.78. The molecule has 3 N–H and O–H groups in total. The lowest BCUT2D eigenvalue weighted by Gasteiger charge is -2.26. The lowest BCUT2D eigenvalue weighted by Crippen LogP contribution is -2.24. The number of rotatable bonds is 2. The van der Waals surface area contributed by atoms with Gasteiger partial charge in [0.25, 0.3) is 0 Å². The van der Waals surface area contributed by atoms with Crippen LogP contribution in [0.4, 0.5) is 5.69 Å². The minimum absolute atomic E-state index is 0.113. The van der Waals surface area contributed by atoms with Crippen molar-refractivity contribution in [2.24, 2.45) is 0 Å². The Balaban J connectivity index is 1.94. The predicted octanol–water partition coefficient (Wildman–Crippen LogP) is 1.55. The number of H-pyrrole nitrogens is 2. The van der Waals surface area contributed by atoms with Gasteiger partial charge < -0.3 is 10.1 Å². The summed E-state index contributed by atoms with van der Waals surface area (Å²) in [4.78, 5) is 24.0. The molecule has 0 bridgehead atoms. The Morgan fingerprint density at radius 3 is 2.91 bits per heavy atom. The van der Waals surface area contributed by atoms with Gasteiger partial charge in [0, 0.05) is 34.5 Å². The number of aromatic amines is 2. The number of fused-ring (bicyclic) bond motifs is 3. The van der Waals surface area contributed by atoms with Crippen LogP contribution in [0.15, 0.2) is 24.5 Å². The number of aromatic nitrogens is 4. The molecule has 8 nitrogen and oxygen atoms in total. The van der Waals surface area contributed by atoms with Crippen molar-refractivity contribution in [3.05, 3.63) is 41.3 Å². The highest BCUT2D eigenvalue weighted by molar-refractivity contribution is 6.01. The molecule has 0 saturated heterocycles. The molecule has 23 heavy (non-hydrogen) atoms. The summed E-state index contributed by atoms with van der Waals surface area (Å²) >= 11 is 0. The van der Waals surface area contributed by atoms with Crippen LogP contribution < -0.4 is 5.32 Å². The zero-order valence-electron chi connectivity index (χ0n) is 12.2. The Morgan fingerprint density at radius 1 is 1.26 bits per heavy atom. The van der Waals surface area contributed by atoms with E-state index in [2.05, 4.69) is 25.7 Å². The number of ether oxygens (including phenoxy) is 1. The third kappa shape index (κ3) is 1.99. The van der Waals surface area contributed by atoms with Crippen molar-refractivity contribution in [3.63, 3.8) is 0 Å². The summed E-state index contributed by atoms with van der Waals surface area (Å²) in [7, 11) is 1.31. The molecule has 0 spiro atoms. The SMILES string of the molecule is COC(=O)c1[nH]ncc1C1CC(=O)Nc2ccc3cn[nH]c3c21. The minimum Gasteiger partial charge on any atom is -0.464 e. The van der Waals surface area contributed by atoms with E-state index in [1.54, 1.807) is 12.4 Å². The molecule has 8 heteroatoms. The number of esters is 1. The maximum Gasteiger partial charge on any atom is 0.356 e. The molecule has 3 aromatic rings. The van der Waals surface area contributed by atoms with Gasteiger partial charge in [0.15, 0.2) is 0 Å². The van der Waals surface area contributed by atoms with E-state index < -0.39 is 5.97 Å². The van der Waals surface area contributed by atoms with Crippen molar-refractivity contribution in [2.45, 2.75) is 12.3 Å². The predicted molar refractivity (Wildman–Crippen MR) is 81.1 cm³/mol. The van der Waals surface area contributed by atoms with Crippen LogP contribution in [0.3, 0.4) is 0 Å². The van der Waals surface area contributed by atoms with Crippen molar-refractivity contribution in [1.82, 2.24) is 20.4 Å². The first-order chi connectivity index (χ1) is 11.2. The van der Waals surface area contributed by atoms with Crippen LogP contribution in [0.1, 0.15) is 34.0 Å². The van der Waals surface area contributed by atoms with E-state index in [0.29, 0.717) is 11.3 Å². The summed E-state index contributed by atoms with van der Waals surface area (Å²) in [6.07, 6.45) is 3.50.